The molecule has 0 bridgehead atoms. The predicted molar refractivity (Wildman–Crippen MR) is 98.8 cm³/mol. The Hall–Kier alpha value is -2.80. The lowest BCUT2D eigenvalue weighted by Gasteiger charge is -2.45. The van der Waals surface area contributed by atoms with Crippen molar-refractivity contribution in [3.05, 3.63) is 42.2 Å². The van der Waals surface area contributed by atoms with Gasteiger partial charge in [-0.3, -0.25) is 4.98 Å². The molecular formula is C20H21N3O4. The fraction of sp³-hybridized carbons (Fsp3) is 0.400. The average Bonchev–Trinajstić information content (AvgIpc) is 3.10. The number of ether oxygens (including phenoxy) is 4. The number of benzene rings is 1. The molecule has 3 atom stereocenters. The smallest absolute Gasteiger partial charge is 0.283 e. The summed E-state index contributed by atoms with van der Waals surface area (Å²) >= 11 is 0. The van der Waals surface area contributed by atoms with Crippen LogP contribution in [0, 0.1) is 5.92 Å². The molecule has 2 aromatic rings. The zero-order chi connectivity index (χ0) is 18.4. The molecule has 0 saturated carbocycles. The normalized spacial score (nSPS) is 28.6. The summed E-state index contributed by atoms with van der Waals surface area (Å²) in [5.74, 6) is 1.61. The van der Waals surface area contributed by atoms with E-state index in [9.17, 15) is 0 Å². The van der Waals surface area contributed by atoms with Crippen molar-refractivity contribution in [2.45, 2.75) is 18.1 Å². The van der Waals surface area contributed by atoms with Gasteiger partial charge < -0.3 is 24.7 Å². The van der Waals surface area contributed by atoms with Crippen molar-refractivity contribution >= 4 is 6.02 Å². The van der Waals surface area contributed by atoms with Crippen LogP contribution in [-0.4, -0.2) is 44.0 Å². The third-order valence-corrected chi connectivity index (χ3v) is 5.66. The summed E-state index contributed by atoms with van der Waals surface area (Å²) in [5.41, 5.74) is 8.31. The van der Waals surface area contributed by atoms with Crippen LogP contribution in [0.25, 0.3) is 11.1 Å². The maximum atomic E-state index is 6.31. The maximum absolute atomic E-state index is 6.31. The van der Waals surface area contributed by atoms with E-state index >= 15 is 0 Å². The third-order valence-electron chi connectivity index (χ3n) is 5.66. The lowest BCUT2D eigenvalue weighted by molar-refractivity contribution is -0.0726. The van der Waals surface area contributed by atoms with Gasteiger partial charge in [-0.2, -0.15) is 0 Å². The topological polar surface area (TPSA) is 88.2 Å². The highest BCUT2D eigenvalue weighted by atomic mass is 16.5. The van der Waals surface area contributed by atoms with Crippen LogP contribution in [0.15, 0.2) is 41.7 Å². The Kier molecular flexibility index (Phi) is 3.72. The molecule has 1 aromatic heterocycles. The summed E-state index contributed by atoms with van der Waals surface area (Å²) in [6.45, 7) is 1.68. The number of nitrogens with zero attached hydrogens (tertiary/aromatic N) is 2. The number of hydrogen-bond donors (Lipinski definition) is 1. The Morgan fingerprint density at radius 3 is 2.96 bits per heavy atom. The Morgan fingerprint density at radius 2 is 2.15 bits per heavy atom. The monoisotopic (exact) mass is 367 g/mol. The molecule has 140 valence electrons. The molecule has 0 amide bonds. The molecule has 27 heavy (non-hydrogen) atoms. The Balaban J connectivity index is 1.65. The number of rotatable bonds is 2. The van der Waals surface area contributed by atoms with Gasteiger partial charge >= 0.3 is 0 Å². The van der Waals surface area contributed by atoms with E-state index in [1.165, 1.54) is 0 Å². The number of aromatic nitrogens is 1. The number of amidine groups is 1. The first-order chi connectivity index (χ1) is 13.2. The van der Waals surface area contributed by atoms with Gasteiger partial charge in [-0.1, -0.05) is 6.07 Å². The van der Waals surface area contributed by atoms with Crippen molar-refractivity contribution in [2.75, 3.05) is 26.9 Å². The quantitative estimate of drug-likeness (QED) is 0.874. The largest absolute Gasteiger partial charge is 0.495 e. The van der Waals surface area contributed by atoms with E-state index in [0.29, 0.717) is 25.6 Å². The maximum Gasteiger partial charge on any atom is 0.283 e. The van der Waals surface area contributed by atoms with Crippen LogP contribution < -0.4 is 15.2 Å². The molecule has 3 unspecified atom stereocenters. The lowest BCUT2D eigenvalue weighted by atomic mass is 9.72. The van der Waals surface area contributed by atoms with Gasteiger partial charge in [-0.05, 0) is 23.8 Å². The highest BCUT2D eigenvalue weighted by molar-refractivity contribution is 5.75. The number of nitrogens with two attached hydrogens (primary N) is 1. The second-order valence-electron chi connectivity index (χ2n) is 7.11. The third kappa shape index (κ3) is 2.53. The second-order valence-corrected chi connectivity index (χ2v) is 7.11. The minimum Gasteiger partial charge on any atom is -0.495 e. The van der Waals surface area contributed by atoms with Crippen LogP contribution >= 0.6 is 0 Å². The molecule has 2 N–H and O–H groups in total. The van der Waals surface area contributed by atoms with E-state index in [2.05, 4.69) is 11.1 Å². The molecule has 7 nitrogen and oxygen atoms in total. The number of methoxy groups -OCH3 is 1. The van der Waals surface area contributed by atoms with E-state index in [0.717, 1.165) is 28.9 Å². The molecule has 1 saturated heterocycles. The van der Waals surface area contributed by atoms with E-state index < -0.39 is 5.54 Å². The summed E-state index contributed by atoms with van der Waals surface area (Å²) < 4.78 is 23.0. The van der Waals surface area contributed by atoms with Crippen molar-refractivity contribution in [1.29, 1.82) is 0 Å². The molecule has 3 aliphatic heterocycles. The molecule has 0 radical (unpaired) electrons. The predicted octanol–water partition coefficient (Wildman–Crippen LogP) is 2.09. The Bertz CT molecular complexity index is 916. The Morgan fingerprint density at radius 1 is 1.22 bits per heavy atom. The highest BCUT2D eigenvalue weighted by Gasteiger charge is 2.54. The molecule has 3 aliphatic rings. The number of hydrogen-bond acceptors (Lipinski definition) is 7. The van der Waals surface area contributed by atoms with Gasteiger partial charge in [0, 0.05) is 23.7 Å². The second kappa shape index (κ2) is 6.13. The molecule has 1 fully saturated rings. The first kappa shape index (κ1) is 16.4. The average molecular weight is 367 g/mol. The summed E-state index contributed by atoms with van der Waals surface area (Å²) in [5, 5.41) is 0. The number of aliphatic imine (C=N–C) groups is 1. The zero-order valence-corrected chi connectivity index (χ0v) is 15.1. The highest BCUT2D eigenvalue weighted by Crippen LogP contribution is 2.50. The van der Waals surface area contributed by atoms with Crippen LogP contribution in [0.3, 0.4) is 0 Å². The molecule has 7 heteroatoms. The van der Waals surface area contributed by atoms with Gasteiger partial charge in [0.05, 0.1) is 32.4 Å². The van der Waals surface area contributed by atoms with E-state index in [1.807, 2.05) is 24.4 Å². The fourth-order valence-electron chi connectivity index (χ4n) is 4.28. The van der Waals surface area contributed by atoms with E-state index in [-0.39, 0.29) is 18.0 Å². The molecular weight excluding hydrogens is 346 g/mol. The van der Waals surface area contributed by atoms with E-state index in [1.54, 1.807) is 13.3 Å². The minimum absolute atomic E-state index is 0.0498. The molecule has 4 heterocycles. The van der Waals surface area contributed by atoms with Crippen molar-refractivity contribution in [2.24, 2.45) is 16.6 Å². The van der Waals surface area contributed by atoms with Gasteiger partial charge in [0.1, 0.15) is 29.7 Å². The first-order valence-corrected chi connectivity index (χ1v) is 9.06. The van der Waals surface area contributed by atoms with Crippen molar-refractivity contribution in [3.63, 3.8) is 0 Å². The summed E-state index contributed by atoms with van der Waals surface area (Å²) in [6.07, 6.45) is 4.39. The van der Waals surface area contributed by atoms with E-state index in [4.69, 9.17) is 29.7 Å². The van der Waals surface area contributed by atoms with Crippen LogP contribution in [0.2, 0.25) is 0 Å². The zero-order valence-electron chi connectivity index (χ0n) is 15.1. The van der Waals surface area contributed by atoms with Crippen LogP contribution in [0.1, 0.15) is 12.0 Å². The van der Waals surface area contributed by atoms with Crippen LogP contribution in [0.4, 0.5) is 0 Å². The molecule has 5 rings (SSSR count). The Labute approximate surface area is 157 Å². The first-order valence-electron chi connectivity index (χ1n) is 9.06. The lowest BCUT2D eigenvalue weighted by Crippen LogP contribution is -2.52. The van der Waals surface area contributed by atoms with Crippen molar-refractivity contribution in [1.82, 2.24) is 4.98 Å². The SMILES string of the molecule is COc1cncc(-c2ccc3c(c2)C2(COC(N)=N2)C2COCCC2O3)c1. The minimum atomic E-state index is -0.578. The van der Waals surface area contributed by atoms with Gasteiger partial charge in [-0.25, -0.2) is 4.99 Å². The summed E-state index contributed by atoms with van der Waals surface area (Å²) in [7, 11) is 1.63. The van der Waals surface area contributed by atoms with Gasteiger partial charge in [-0.15, -0.1) is 0 Å². The standard InChI is InChI=1S/C20H21N3O4/c1-24-14-6-13(8-22-9-14)12-2-3-17-15(7-12)20(11-26-19(21)23-20)16-10-25-5-4-18(16)27-17/h2-3,6-9,16,18H,4-5,10-11H2,1H3,(H2,21,23). The molecule has 0 aliphatic carbocycles. The van der Waals surface area contributed by atoms with Crippen LogP contribution in [0.5, 0.6) is 11.5 Å². The molecule has 1 spiro atoms. The van der Waals surface area contributed by atoms with Crippen molar-refractivity contribution in [3.8, 4) is 22.6 Å². The fourth-order valence-corrected chi connectivity index (χ4v) is 4.28. The number of fused-ring (bicyclic) bond motifs is 4. The van der Waals surface area contributed by atoms with Gasteiger partial charge in [0.15, 0.2) is 0 Å². The van der Waals surface area contributed by atoms with Crippen LogP contribution in [-0.2, 0) is 15.0 Å². The van der Waals surface area contributed by atoms with Gasteiger partial charge in [0.2, 0.25) is 0 Å². The summed E-state index contributed by atoms with van der Waals surface area (Å²) in [6, 6.07) is 8.32. The number of pyridine rings is 1. The van der Waals surface area contributed by atoms with Gasteiger partial charge in [0.25, 0.3) is 6.02 Å². The van der Waals surface area contributed by atoms with Crippen molar-refractivity contribution < 1.29 is 18.9 Å². The summed E-state index contributed by atoms with van der Waals surface area (Å²) in [4.78, 5) is 9.01. The molecule has 1 aromatic carbocycles.